The van der Waals surface area contributed by atoms with Gasteiger partial charge in [0.2, 0.25) is 23.6 Å². The Labute approximate surface area is 392 Å². The van der Waals surface area contributed by atoms with Gasteiger partial charge in [0, 0.05) is 50.6 Å². The summed E-state index contributed by atoms with van der Waals surface area (Å²) in [7, 11) is 0. The summed E-state index contributed by atoms with van der Waals surface area (Å²) in [6.07, 6.45) is 5.84. The summed E-state index contributed by atoms with van der Waals surface area (Å²) in [6, 6.07) is 6.24. The van der Waals surface area contributed by atoms with Crippen LogP contribution in [0.15, 0.2) is 30.5 Å². The van der Waals surface area contributed by atoms with Crippen LogP contribution < -0.4 is 37.1 Å². The Hall–Kier alpha value is -5.95. The van der Waals surface area contributed by atoms with Gasteiger partial charge in [0.15, 0.2) is 6.61 Å². The summed E-state index contributed by atoms with van der Waals surface area (Å²) >= 11 is 0. The van der Waals surface area contributed by atoms with Crippen molar-refractivity contribution in [2.45, 2.75) is 109 Å². The number of aromatic nitrogens is 1. The van der Waals surface area contributed by atoms with E-state index >= 15 is 0 Å². The number of hydrogen-bond acceptors (Lipinski definition) is 15. The smallest absolute Gasteiger partial charge is 0.329 e. The number of nitrogens with zero attached hydrogens (tertiary/aromatic N) is 3. The molecule has 1 fully saturated rings. The topological polar surface area (TPSA) is 292 Å². The maximum Gasteiger partial charge on any atom is 0.329 e. The van der Waals surface area contributed by atoms with Crippen LogP contribution in [-0.2, 0) is 47.7 Å². The maximum atomic E-state index is 13.4. The van der Waals surface area contributed by atoms with E-state index in [0.717, 1.165) is 6.42 Å². The predicted molar refractivity (Wildman–Crippen MR) is 245 cm³/mol. The van der Waals surface area contributed by atoms with Crippen molar-refractivity contribution < 1.29 is 57.2 Å². The highest BCUT2D eigenvalue weighted by Crippen LogP contribution is 2.23. The molecule has 0 spiro atoms. The lowest BCUT2D eigenvalue weighted by molar-refractivity contribution is -0.159. The summed E-state index contributed by atoms with van der Waals surface area (Å²) in [5.41, 5.74) is 5.67. The van der Waals surface area contributed by atoms with Gasteiger partial charge in [0.1, 0.15) is 29.5 Å². The minimum Gasteiger partial charge on any atom is -0.484 e. The minimum atomic E-state index is -0.935. The lowest BCUT2D eigenvalue weighted by Gasteiger charge is -2.26. The number of amides is 6. The van der Waals surface area contributed by atoms with Gasteiger partial charge in [-0.25, -0.2) is 4.79 Å². The Bertz CT molecular complexity index is 1970. The third-order valence-electron chi connectivity index (χ3n) is 10.1. The van der Waals surface area contributed by atoms with Gasteiger partial charge in [0.05, 0.1) is 63.3 Å². The first-order valence-corrected chi connectivity index (χ1v) is 22.9. The molecule has 0 unspecified atom stereocenters. The van der Waals surface area contributed by atoms with Gasteiger partial charge in [-0.3, -0.25) is 33.8 Å². The summed E-state index contributed by atoms with van der Waals surface area (Å²) in [6.45, 7) is 9.10. The first kappa shape index (κ1) is 55.4. The predicted octanol–water partition coefficient (Wildman–Crippen LogP) is 1.16. The molecule has 67 heavy (non-hydrogen) atoms. The van der Waals surface area contributed by atoms with Gasteiger partial charge >= 0.3 is 5.97 Å². The number of hydrogen-bond donors (Lipinski definition) is 6. The van der Waals surface area contributed by atoms with Crippen LogP contribution in [0, 0.1) is 11.3 Å². The number of nitriles is 1. The quantitative estimate of drug-likeness (QED) is 0.0457. The van der Waals surface area contributed by atoms with Crippen molar-refractivity contribution in [1.29, 1.82) is 5.26 Å². The normalized spacial score (nSPS) is 14.3. The number of ether oxygens (including phenoxy) is 5. The van der Waals surface area contributed by atoms with Crippen molar-refractivity contribution in [2.75, 3.05) is 79.0 Å². The second kappa shape index (κ2) is 30.4. The van der Waals surface area contributed by atoms with Crippen LogP contribution in [-0.4, -0.2) is 154 Å². The molecule has 0 bridgehead atoms. The van der Waals surface area contributed by atoms with Crippen molar-refractivity contribution >= 4 is 52.3 Å². The van der Waals surface area contributed by atoms with Gasteiger partial charge in [-0.1, -0.05) is 0 Å². The summed E-state index contributed by atoms with van der Waals surface area (Å²) in [5.74, 6) is -2.39. The molecule has 370 valence electrons. The highest BCUT2D eigenvalue weighted by atomic mass is 16.6. The number of nitrogens with one attached hydrogen (secondary N) is 5. The standard InChI is InChI=1S/C46H69N9O12/c1-32(56)49-18-8-6-12-38(45(62)67-46(2,3)4)54-44(61)37(11-5-7-17-47)53-40(57)16-22-63-24-26-65-27-25-64-23-20-51-41(58)31-66-34-13-14-35-36(15-19-50-39(35)28-34)43(60)52-30-42(59)55-21-9-10-33(55)29-48/h13-15,19,28,33,37-38H,5-12,16-18,20-27,30-31,47H2,1-4H3,(H,49,56)(H,51,58)(H,52,60)(H,53,57)(H,54,61)/t33-,37-,38-/m0/s1. The number of benzene rings is 1. The Kier molecular flexibility index (Phi) is 25.1. The Balaban J connectivity index is 1.27. The molecule has 1 aliphatic heterocycles. The fourth-order valence-corrected chi connectivity index (χ4v) is 6.80. The van der Waals surface area contributed by atoms with Crippen LogP contribution in [0.4, 0.5) is 0 Å². The number of pyridine rings is 1. The van der Waals surface area contributed by atoms with E-state index in [1.807, 2.05) is 0 Å². The molecule has 0 aliphatic carbocycles. The number of carbonyl (C=O) groups is 7. The molecule has 1 aromatic carbocycles. The average Bonchev–Trinajstić information content (AvgIpc) is 3.78. The van der Waals surface area contributed by atoms with Gasteiger partial charge in [-0.2, -0.15) is 5.26 Å². The van der Waals surface area contributed by atoms with Crippen molar-refractivity contribution in [3.8, 4) is 11.8 Å². The van der Waals surface area contributed by atoms with Crippen molar-refractivity contribution in [3.05, 3.63) is 36.0 Å². The molecule has 0 radical (unpaired) electrons. The number of fused-ring (bicyclic) bond motifs is 1. The van der Waals surface area contributed by atoms with Crippen LogP contribution in [0.2, 0.25) is 0 Å². The van der Waals surface area contributed by atoms with E-state index in [9.17, 15) is 38.8 Å². The van der Waals surface area contributed by atoms with E-state index in [-0.39, 0.29) is 83.5 Å². The molecule has 3 rings (SSSR count). The van der Waals surface area contributed by atoms with Crippen LogP contribution in [0.25, 0.3) is 10.9 Å². The molecule has 2 aromatic rings. The van der Waals surface area contributed by atoms with E-state index in [0.29, 0.717) is 86.8 Å². The van der Waals surface area contributed by atoms with Gasteiger partial charge in [0.25, 0.3) is 11.8 Å². The van der Waals surface area contributed by atoms with E-state index in [1.54, 1.807) is 45.0 Å². The van der Waals surface area contributed by atoms with Crippen molar-refractivity contribution in [2.24, 2.45) is 5.73 Å². The highest BCUT2D eigenvalue weighted by molar-refractivity contribution is 6.07. The largest absolute Gasteiger partial charge is 0.484 e. The lowest BCUT2D eigenvalue weighted by atomic mass is 10.1. The molecule has 1 saturated heterocycles. The summed E-state index contributed by atoms with van der Waals surface area (Å²) < 4.78 is 27.7. The van der Waals surface area contributed by atoms with Crippen molar-refractivity contribution in [1.82, 2.24) is 36.5 Å². The number of nitrogens with two attached hydrogens (primary N) is 1. The molecule has 6 amide bonds. The molecule has 0 saturated carbocycles. The fraction of sp³-hybridized carbons (Fsp3) is 0.630. The zero-order valence-corrected chi connectivity index (χ0v) is 39.3. The average molecular weight is 940 g/mol. The van der Waals surface area contributed by atoms with Crippen LogP contribution in [0.1, 0.15) is 95.8 Å². The molecule has 3 atom stereocenters. The fourth-order valence-electron chi connectivity index (χ4n) is 6.80. The summed E-state index contributed by atoms with van der Waals surface area (Å²) in [5, 5.41) is 23.4. The second-order valence-electron chi connectivity index (χ2n) is 16.8. The number of carbonyl (C=O) groups excluding carboxylic acids is 7. The van der Waals surface area contributed by atoms with Crippen LogP contribution in [0.3, 0.4) is 0 Å². The molecule has 21 heteroatoms. The van der Waals surface area contributed by atoms with Crippen LogP contribution >= 0.6 is 0 Å². The highest BCUT2D eigenvalue weighted by Gasteiger charge is 2.30. The zero-order chi connectivity index (χ0) is 49.0. The number of likely N-dealkylation sites (tertiary alicyclic amines) is 1. The lowest BCUT2D eigenvalue weighted by Crippen LogP contribution is -2.52. The second-order valence-corrected chi connectivity index (χ2v) is 16.8. The SMILES string of the molecule is CC(=O)NCCCC[C@H](NC(=O)[C@H](CCCCN)NC(=O)CCOCCOCCOCCNC(=O)COc1ccc2c(C(=O)NCC(=O)N3CCC[C@H]3C#N)ccnc2c1)C(=O)OC(C)(C)C. The first-order valence-electron chi connectivity index (χ1n) is 22.9. The van der Waals surface area contributed by atoms with Gasteiger partial charge in [-0.05, 0) is 96.9 Å². The first-order chi connectivity index (χ1) is 32.1. The van der Waals surface area contributed by atoms with Crippen LogP contribution in [0.5, 0.6) is 5.75 Å². The van der Waals surface area contributed by atoms with E-state index in [2.05, 4.69) is 37.6 Å². The molecular formula is C46H69N9O12. The maximum absolute atomic E-state index is 13.4. The Morgan fingerprint density at radius 2 is 1.55 bits per heavy atom. The zero-order valence-electron chi connectivity index (χ0n) is 39.3. The number of unbranched alkanes of at least 4 members (excludes halogenated alkanes) is 2. The molecular weight excluding hydrogens is 871 g/mol. The van der Waals surface area contributed by atoms with Gasteiger partial charge in [-0.15, -0.1) is 0 Å². The minimum absolute atomic E-state index is 0.00329. The molecule has 7 N–H and O–H groups in total. The number of esters is 1. The third-order valence-corrected chi connectivity index (χ3v) is 10.1. The molecule has 2 heterocycles. The Morgan fingerprint density at radius 3 is 2.25 bits per heavy atom. The van der Waals surface area contributed by atoms with E-state index < -0.39 is 47.4 Å². The molecule has 1 aliphatic rings. The number of rotatable bonds is 31. The Morgan fingerprint density at radius 1 is 0.851 bits per heavy atom. The third kappa shape index (κ3) is 21.9. The van der Waals surface area contributed by atoms with E-state index in [1.165, 1.54) is 18.0 Å². The monoisotopic (exact) mass is 940 g/mol. The summed E-state index contributed by atoms with van der Waals surface area (Å²) in [4.78, 5) is 94.0. The van der Waals surface area contributed by atoms with E-state index in [4.69, 9.17) is 29.4 Å². The van der Waals surface area contributed by atoms with Crippen molar-refractivity contribution in [3.63, 3.8) is 0 Å². The van der Waals surface area contributed by atoms with Gasteiger partial charge < -0.3 is 60.9 Å². The molecule has 21 nitrogen and oxygen atoms in total. The molecule has 1 aromatic heterocycles.